The first-order valence-corrected chi connectivity index (χ1v) is 7.11. The fourth-order valence-electron chi connectivity index (χ4n) is 2.29. The molecule has 0 bridgehead atoms. The minimum absolute atomic E-state index is 0.0162. The second-order valence-corrected chi connectivity index (χ2v) is 5.74. The predicted octanol–water partition coefficient (Wildman–Crippen LogP) is 3.37. The maximum absolute atomic E-state index is 12.3. The normalized spacial score (nSPS) is 12.9. The number of fused-ring (bicyclic) bond motifs is 1. The predicted molar refractivity (Wildman–Crippen MR) is 81.0 cm³/mol. The Morgan fingerprint density at radius 3 is 2.65 bits per heavy atom. The van der Waals surface area contributed by atoms with Gasteiger partial charge in [0, 0.05) is 22.1 Å². The van der Waals surface area contributed by atoms with Crippen LogP contribution < -0.4 is 5.32 Å². The Kier molecular flexibility index (Phi) is 3.40. The molecule has 3 nitrogen and oxygen atoms in total. The molecule has 0 fully saturated rings. The van der Waals surface area contributed by atoms with Crippen LogP contribution in [0.4, 0.5) is 5.69 Å². The second-order valence-electron chi connectivity index (χ2n) is 4.82. The number of anilines is 1. The lowest BCUT2D eigenvalue weighted by Crippen LogP contribution is -2.03. The van der Waals surface area contributed by atoms with Crippen LogP contribution in [0.15, 0.2) is 46.9 Å². The molecule has 1 aliphatic rings. The Hall–Kier alpha value is -1.94. The molecule has 0 unspecified atom stereocenters. The van der Waals surface area contributed by atoms with E-state index in [0.717, 1.165) is 21.3 Å². The number of rotatable bonds is 3. The lowest BCUT2D eigenvalue weighted by molar-refractivity contribution is -0.115. The van der Waals surface area contributed by atoms with Crippen LogP contribution in [0.2, 0.25) is 0 Å². The highest BCUT2D eigenvalue weighted by molar-refractivity contribution is 9.10. The zero-order chi connectivity index (χ0) is 14.1. The van der Waals surface area contributed by atoms with Gasteiger partial charge < -0.3 is 5.32 Å². The molecular weight excluding hydrogens is 318 g/mol. The van der Waals surface area contributed by atoms with Crippen molar-refractivity contribution in [1.82, 2.24) is 0 Å². The molecule has 3 rings (SSSR count). The smallest absolute Gasteiger partial charge is 0.228 e. The third kappa shape index (κ3) is 2.65. The summed E-state index contributed by atoms with van der Waals surface area (Å²) < 4.78 is 0.996. The zero-order valence-corrected chi connectivity index (χ0v) is 12.2. The molecule has 0 radical (unpaired) electrons. The quantitative estimate of drug-likeness (QED) is 0.877. The standard InChI is InChI=1S/C16H12BrNO2/c17-13-4-1-10(2-5-13)7-15(19)11-3-6-14-12(8-11)9-16(20)18-14/h1-6,8H,7,9H2,(H,18,20). The van der Waals surface area contributed by atoms with E-state index in [1.165, 1.54) is 0 Å². The van der Waals surface area contributed by atoms with Crippen molar-refractivity contribution in [2.24, 2.45) is 0 Å². The number of hydrogen-bond acceptors (Lipinski definition) is 2. The van der Waals surface area contributed by atoms with Crippen LogP contribution in [0, 0.1) is 0 Å². The number of nitrogens with one attached hydrogen (secondary N) is 1. The van der Waals surface area contributed by atoms with E-state index in [1.807, 2.05) is 30.3 Å². The number of Topliss-reactive ketones (excluding diaryl/α,β-unsaturated/α-hetero) is 1. The van der Waals surface area contributed by atoms with Crippen molar-refractivity contribution >= 4 is 33.3 Å². The van der Waals surface area contributed by atoms with Crippen molar-refractivity contribution in [2.75, 3.05) is 5.32 Å². The maximum Gasteiger partial charge on any atom is 0.228 e. The molecule has 0 aliphatic carbocycles. The van der Waals surface area contributed by atoms with E-state index in [1.54, 1.807) is 12.1 Å². The van der Waals surface area contributed by atoms with Gasteiger partial charge in [-0.05, 0) is 41.5 Å². The van der Waals surface area contributed by atoms with Crippen LogP contribution in [0.25, 0.3) is 0 Å². The van der Waals surface area contributed by atoms with Crippen molar-refractivity contribution in [3.63, 3.8) is 0 Å². The topological polar surface area (TPSA) is 46.2 Å². The lowest BCUT2D eigenvalue weighted by atomic mass is 10.0. The lowest BCUT2D eigenvalue weighted by Gasteiger charge is -2.04. The van der Waals surface area contributed by atoms with Gasteiger partial charge in [0.25, 0.3) is 0 Å². The summed E-state index contributed by atoms with van der Waals surface area (Å²) in [6.45, 7) is 0. The SMILES string of the molecule is O=C1Cc2cc(C(=O)Cc3ccc(Br)cc3)ccc2N1. The summed E-state index contributed by atoms with van der Waals surface area (Å²) >= 11 is 3.37. The Morgan fingerprint density at radius 2 is 1.90 bits per heavy atom. The molecule has 100 valence electrons. The van der Waals surface area contributed by atoms with Crippen LogP contribution in [-0.4, -0.2) is 11.7 Å². The zero-order valence-electron chi connectivity index (χ0n) is 10.7. The minimum Gasteiger partial charge on any atom is -0.326 e. The number of halogens is 1. The van der Waals surface area contributed by atoms with Gasteiger partial charge in [-0.25, -0.2) is 0 Å². The van der Waals surface area contributed by atoms with E-state index in [2.05, 4.69) is 21.2 Å². The van der Waals surface area contributed by atoms with E-state index in [-0.39, 0.29) is 11.7 Å². The average Bonchev–Trinajstić information content (AvgIpc) is 2.80. The Bertz CT molecular complexity index is 692. The van der Waals surface area contributed by atoms with Gasteiger partial charge in [0.1, 0.15) is 0 Å². The Balaban J connectivity index is 1.79. The molecule has 1 amide bonds. The molecule has 2 aromatic rings. The van der Waals surface area contributed by atoms with Gasteiger partial charge in [0.15, 0.2) is 5.78 Å². The van der Waals surface area contributed by atoms with Crippen molar-refractivity contribution in [3.8, 4) is 0 Å². The highest BCUT2D eigenvalue weighted by Crippen LogP contribution is 2.24. The highest BCUT2D eigenvalue weighted by atomic mass is 79.9. The summed E-state index contributed by atoms with van der Waals surface area (Å²) in [6.07, 6.45) is 0.724. The average molecular weight is 330 g/mol. The fraction of sp³-hybridized carbons (Fsp3) is 0.125. The maximum atomic E-state index is 12.3. The molecule has 1 heterocycles. The Labute approximate surface area is 125 Å². The monoisotopic (exact) mass is 329 g/mol. The molecule has 4 heteroatoms. The van der Waals surface area contributed by atoms with Crippen LogP contribution in [0.3, 0.4) is 0 Å². The molecule has 2 aromatic carbocycles. The molecule has 0 aromatic heterocycles. The van der Waals surface area contributed by atoms with E-state index in [4.69, 9.17) is 0 Å². The number of hydrogen-bond donors (Lipinski definition) is 1. The molecule has 0 atom stereocenters. The van der Waals surface area contributed by atoms with Gasteiger partial charge in [-0.1, -0.05) is 28.1 Å². The molecular formula is C16H12BrNO2. The summed E-state index contributed by atoms with van der Waals surface area (Å²) in [5.74, 6) is 0.0481. The number of carbonyl (C=O) groups excluding carboxylic acids is 2. The third-order valence-electron chi connectivity index (χ3n) is 3.33. The third-order valence-corrected chi connectivity index (χ3v) is 3.86. The molecule has 0 spiro atoms. The number of amides is 1. The first kappa shape index (κ1) is 13.1. The Morgan fingerprint density at radius 1 is 1.15 bits per heavy atom. The molecule has 1 aliphatic heterocycles. The van der Waals surface area contributed by atoms with Crippen LogP contribution in [0.1, 0.15) is 21.5 Å². The van der Waals surface area contributed by atoms with Gasteiger partial charge in [-0.15, -0.1) is 0 Å². The van der Waals surface area contributed by atoms with Crippen LogP contribution >= 0.6 is 15.9 Å². The molecule has 0 saturated carbocycles. The van der Waals surface area contributed by atoms with Crippen molar-refractivity contribution in [1.29, 1.82) is 0 Å². The summed E-state index contributed by atoms with van der Waals surface area (Å²) in [5.41, 5.74) is 3.35. The van der Waals surface area contributed by atoms with Gasteiger partial charge in [-0.2, -0.15) is 0 Å². The fourth-order valence-corrected chi connectivity index (χ4v) is 2.56. The van der Waals surface area contributed by atoms with Gasteiger partial charge in [-0.3, -0.25) is 9.59 Å². The summed E-state index contributed by atoms with van der Waals surface area (Å²) in [4.78, 5) is 23.6. The van der Waals surface area contributed by atoms with Crippen molar-refractivity contribution < 1.29 is 9.59 Å². The van der Waals surface area contributed by atoms with Crippen molar-refractivity contribution in [2.45, 2.75) is 12.8 Å². The minimum atomic E-state index is -0.0162. The van der Waals surface area contributed by atoms with Gasteiger partial charge >= 0.3 is 0 Å². The van der Waals surface area contributed by atoms with Crippen LogP contribution in [0.5, 0.6) is 0 Å². The summed E-state index contributed by atoms with van der Waals surface area (Å²) in [5, 5.41) is 2.76. The van der Waals surface area contributed by atoms with E-state index >= 15 is 0 Å². The second kappa shape index (κ2) is 5.21. The van der Waals surface area contributed by atoms with E-state index in [0.29, 0.717) is 18.4 Å². The first-order valence-electron chi connectivity index (χ1n) is 6.32. The van der Waals surface area contributed by atoms with Crippen LogP contribution in [-0.2, 0) is 17.6 Å². The molecule has 20 heavy (non-hydrogen) atoms. The number of carbonyl (C=O) groups is 2. The van der Waals surface area contributed by atoms with Gasteiger partial charge in [0.2, 0.25) is 5.91 Å². The highest BCUT2D eigenvalue weighted by Gasteiger charge is 2.19. The summed E-state index contributed by atoms with van der Waals surface area (Å²) in [7, 11) is 0. The van der Waals surface area contributed by atoms with E-state index < -0.39 is 0 Å². The molecule has 1 N–H and O–H groups in total. The number of benzene rings is 2. The van der Waals surface area contributed by atoms with Gasteiger partial charge in [0.05, 0.1) is 6.42 Å². The molecule has 0 saturated heterocycles. The number of ketones is 1. The largest absolute Gasteiger partial charge is 0.326 e. The van der Waals surface area contributed by atoms with E-state index in [9.17, 15) is 9.59 Å². The summed E-state index contributed by atoms with van der Waals surface area (Å²) in [6, 6.07) is 13.1. The first-order chi connectivity index (χ1) is 9.61. The van der Waals surface area contributed by atoms with Crippen molar-refractivity contribution in [3.05, 3.63) is 63.6 Å².